The third kappa shape index (κ3) is 1.17. The predicted molar refractivity (Wildman–Crippen MR) is 35.8 cm³/mol. The molecule has 0 saturated heterocycles. The molecule has 0 saturated carbocycles. The highest BCUT2D eigenvalue weighted by atomic mass is 19.3. The van der Waals surface area contributed by atoms with Crippen LogP contribution in [0.5, 0.6) is 0 Å². The van der Waals surface area contributed by atoms with E-state index in [1.807, 2.05) is 0 Å². The first-order valence-corrected chi connectivity index (χ1v) is 3.29. The van der Waals surface area contributed by atoms with Crippen molar-refractivity contribution in [2.24, 2.45) is 10.2 Å². The normalized spacial score (nSPS) is 13.9. The average Bonchev–Trinajstić information content (AvgIpc) is 2.47. The standard InChI is InChI=1S/C6H2F2N4O/c7-4(8)5-9-1-2-3(10-5)6(13)12-11-2/h1,4H. The van der Waals surface area contributed by atoms with E-state index in [1.54, 1.807) is 0 Å². The van der Waals surface area contributed by atoms with Gasteiger partial charge in [0, 0.05) is 0 Å². The van der Waals surface area contributed by atoms with Crippen molar-refractivity contribution in [2.75, 3.05) is 0 Å². The zero-order chi connectivity index (χ0) is 9.42. The van der Waals surface area contributed by atoms with Crippen molar-refractivity contribution in [3.63, 3.8) is 0 Å². The molecule has 0 fully saturated rings. The summed E-state index contributed by atoms with van der Waals surface area (Å²) in [7, 11) is 0. The molecule has 1 amide bonds. The molecule has 0 spiro atoms. The first-order chi connectivity index (χ1) is 6.18. The molecule has 5 nitrogen and oxygen atoms in total. The molecule has 1 aliphatic heterocycles. The first kappa shape index (κ1) is 7.84. The lowest BCUT2D eigenvalue weighted by atomic mass is 10.3. The third-order valence-electron chi connectivity index (χ3n) is 1.43. The molecular formula is C6H2F2N4O. The summed E-state index contributed by atoms with van der Waals surface area (Å²) in [5, 5.41) is 6.53. The SMILES string of the molecule is O=C1N=Nc2cnc(C(F)F)nc21. The Hall–Kier alpha value is -1.79. The van der Waals surface area contributed by atoms with E-state index in [2.05, 4.69) is 20.2 Å². The summed E-state index contributed by atoms with van der Waals surface area (Å²) in [6.07, 6.45) is -1.74. The van der Waals surface area contributed by atoms with Gasteiger partial charge < -0.3 is 0 Å². The van der Waals surface area contributed by atoms with Crippen LogP contribution in [0.25, 0.3) is 0 Å². The van der Waals surface area contributed by atoms with E-state index < -0.39 is 18.2 Å². The van der Waals surface area contributed by atoms with Crippen molar-refractivity contribution in [3.8, 4) is 0 Å². The second kappa shape index (κ2) is 2.61. The number of amides is 1. The summed E-state index contributed by atoms with van der Waals surface area (Å²) in [5.41, 5.74) is -0.0281. The summed E-state index contributed by atoms with van der Waals surface area (Å²) in [5.74, 6) is -1.39. The van der Waals surface area contributed by atoms with E-state index in [0.29, 0.717) is 0 Å². The molecular weight excluding hydrogens is 182 g/mol. The smallest absolute Gasteiger partial charge is 0.263 e. The lowest BCUT2D eigenvalue weighted by Gasteiger charge is -1.97. The van der Waals surface area contributed by atoms with Gasteiger partial charge in [-0.15, -0.1) is 10.2 Å². The maximum Gasteiger partial charge on any atom is 0.316 e. The van der Waals surface area contributed by atoms with Crippen LogP contribution in [0.4, 0.5) is 14.5 Å². The highest BCUT2D eigenvalue weighted by molar-refractivity contribution is 5.99. The molecule has 1 aromatic rings. The van der Waals surface area contributed by atoms with Crippen molar-refractivity contribution in [1.82, 2.24) is 9.97 Å². The van der Waals surface area contributed by atoms with Gasteiger partial charge in [-0.25, -0.2) is 18.7 Å². The van der Waals surface area contributed by atoms with Crippen LogP contribution in [0.3, 0.4) is 0 Å². The average molecular weight is 184 g/mol. The highest BCUT2D eigenvalue weighted by Gasteiger charge is 2.22. The molecule has 0 N–H and O–H groups in total. The minimum Gasteiger partial charge on any atom is -0.263 e. The number of carbonyl (C=O) groups is 1. The molecule has 0 radical (unpaired) electrons. The molecule has 0 aliphatic carbocycles. The molecule has 2 rings (SSSR count). The number of carbonyl (C=O) groups excluding carboxylic acids is 1. The molecule has 0 aromatic carbocycles. The quantitative estimate of drug-likeness (QED) is 0.666. The molecule has 7 heteroatoms. The minimum atomic E-state index is -2.79. The zero-order valence-corrected chi connectivity index (χ0v) is 6.11. The Morgan fingerprint density at radius 2 is 2.08 bits per heavy atom. The van der Waals surface area contributed by atoms with Gasteiger partial charge in [-0.2, -0.15) is 0 Å². The fourth-order valence-electron chi connectivity index (χ4n) is 0.871. The van der Waals surface area contributed by atoms with Gasteiger partial charge in [0.15, 0.2) is 11.5 Å². The van der Waals surface area contributed by atoms with Crippen molar-refractivity contribution >= 4 is 11.6 Å². The molecule has 1 aliphatic rings. The van der Waals surface area contributed by atoms with Crippen LogP contribution in [0.1, 0.15) is 22.7 Å². The number of alkyl halides is 2. The summed E-state index contributed by atoms with van der Waals surface area (Å²) < 4.78 is 24.1. The van der Waals surface area contributed by atoms with Crippen LogP contribution in [-0.4, -0.2) is 15.9 Å². The number of azo groups is 1. The maximum absolute atomic E-state index is 12.1. The lowest BCUT2D eigenvalue weighted by molar-refractivity contribution is 0.0995. The monoisotopic (exact) mass is 184 g/mol. The number of rotatable bonds is 1. The summed E-state index contributed by atoms with van der Waals surface area (Å²) in [6.45, 7) is 0. The largest absolute Gasteiger partial charge is 0.316 e. The van der Waals surface area contributed by atoms with E-state index in [-0.39, 0.29) is 11.4 Å². The topological polar surface area (TPSA) is 67.6 Å². The van der Waals surface area contributed by atoms with E-state index in [9.17, 15) is 13.6 Å². The molecule has 2 heterocycles. The fraction of sp³-hybridized carbons (Fsp3) is 0.167. The van der Waals surface area contributed by atoms with Gasteiger partial charge in [-0.1, -0.05) is 0 Å². The maximum atomic E-state index is 12.1. The van der Waals surface area contributed by atoms with Gasteiger partial charge in [-0.05, 0) is 0 Å². The minimum absolute atomic E-state index is 0.134. The van der Waals surface area contributed by atoms with Crippen LogP contribution in [-0.2, 0) is 0 Å². The zero-order valence-electron chi connectivity index (χ0n) is 6.11. The van der Waals surface area contributed by atoms with Gasteiger partial charge >= 0.3 is 5.91 Å². The van der Waals surface area contributed by atoms with Crippen LogP contribution in [0.2, 0.25) is 0 Å². The second-order valence-electron chi connectivity index (χ2n) is 2.27. The summed E-state index contributed by atoms with van der Waals surface area (Å²) in [6, 6.07) is 0. The van der Waals surface area contributed by atoms with Crippen LogP contribution in [0.15, 0.2) is 16.4 Å². The first-order valence-electron chi connectivity index (χ1n) is 3.29. The van der Waals surface area contributed by atoms with Gasteiger partial charge in [0.2, 0.25) is 0 Å². The van der Waals surface area contributed by atoms with Crippen molar-refractivity contribution in [2.45, 2.75) is 6.43 Å². The van der Waals surface area contributed by atoms with Gasteiger partial charge in [-0.3, -0.25) is 4.79 Å². The Morgan fingerprint density at radius 1 is 1.31 bits per heavy atom. The Kier molecular flexibility index (Phi) is 1.57. The Balaban J connectivity index is 2.51. The van der Waals surface area contributed by atoms with E-state index in [4.69, 9.17) is 0 Å². The second-order valence-corrected chi connectivity index (χ2v) is 2.27. The highest BCUT2D eigenvalue weighted by Crippen LogP contribution is 2.25. The van der Waals surface area contributed by atoms with Crippen LogP contribution >= 0.6 is 0 Å². The fourth-order valence-corrected chi connectivity index (χ4v) is 0.871. The molecule has 13 heavy (non-hydrogen) atoms. The number of halogens is 2. The predicted octanol–water partition coefficient (Wildman–Crippen LogP) is 1.65. The lowest BCUT2D eigenvalue weighted by Crippen LogP contribution is -2.01. The van der Waals surface area contributed by atoms with E-state index in [1.165, 1.54) is 0 Å². The number of aromatic nitrogens is 2. The van der Waals surface area contributed by atoms with E-state index >= 15 is 0 Å². The number of hydrogen-bond acceptors (Lipinski definition) is 4. The number of hydrogen-bond donors (Lipinski definition) is 0. The van der Waals surface area contributed by atoms with E-state index in [0.717, 1.165) is 6.20 Å². The summed E-state index contributed by atoms with van der Waals surface area (Å²) >= 11 is 0. The van der Waals surface area contributed by atoms with Crippen molar-refractivity contribution in [1.29, 1.82) is 0 Å². The Bertz CT molecular complexity index is 404. The third-order valence-corrected chi connectivity index (χ3v) is 1.43. The summed E-state index contributed by atoms with van der Waals surface area (Å²) in [4.78, 5) is 17.5. The van der Waals surface area contributed by atoms with Gasteiger partial charge in [0.1, 0.15) is 5.69 Å². The van der Waals surface area contributed by atoms with Gasteiger partial charge in [0.25, 0.3) is 6.43 Å². The number of nitrogens with zero attached hydrogens (tertiary/aromatic N) is 4. The van der Waals surface area contributed by atoms with Crippen LogP contribution in [0, 0.1) is 0 Å². The molecule has 66 valence electrons. The van der Waals surface area contributed by atoms with Crippen LogP contribution < -0.4 is 0 Å². The molecule has 0 unspecified atom stereocenters. The van der Waals surface area contributed by atoms with Crippen molar-refractivity contribution < 1.29 is 13.6 Å². The Labute approximate surface area is 70.5 Å². The van der Waals surface area contributed by atoms with Gasteiger partial charge in [0.05, 0.1) is 6.20 Å². The molecule has 0 bridgehead atoms. The Morgan fingerprint density at radius 3 is 2.77 bits per heavy atom. The molecule has 1 aromatic heterocycles. The van der Waals surface area contributed by atoms with Crippen molar-refractivity contribution in [3.05, 3.63) is 17.7 Å². The number of fused-ring (bicyclic) bond motifs is 1. The molecule has 0 atom stereocenters.